The van der Waals surface area contributed by atoms with E-state index in [1.807, 2.05) is 31.5 Å². The fourth-order valence-corrected chi connectivity index (χ4v) is 3.52. The Labute approximate surface area is 161 Å². The highest BCUT2D eigenvalue weighted by molar-refractivity contribution is 5.93. The molecule has 0 aliphatic carbocycles. The van der Waals surface area contributed by atoms with Gasteiger partial charge in [0.2, 0.25) is 0 Å². The molecule has 2 aromatic rings. The van der Waals surface area contributed by atoms with Crippen molar-refractivity contribution in [1.29, 1.82) is 0 Å². The number of nitrogens with zero attached hydrogens (tertiary/aromatic N) is 5. The highest BCUT2D eigenvalue weighted by Crippen LogP contribution is 2.28. The number of imidazole rings is 1. The van der Waals surface area contributed by atoms with Crippen LogP contribution in [0.4, 0.5) is 5.82 Å². The molecule has 1 saturated heterocycles. The molecule has 0 spiro atoms. The van der Waals surface area contributed by atoms with E-state index in [1.165, 1.54) is 0 Å². The number of anilines is 1. The van der Waals surface area contributed by atoms with E-state index in [-0.39, 0.29) is 5.91 Å². The van der Waals surface area contributed by atoms with Crippen molar-refractivity contribution in [2.75, 3.05) is 45.3 Å². The van der Waals surface area contributed by atoms with Crippen LogP contribution in [0.25, 0.3) is 0 Å². The van der Waals surface area contributed by atoms with E-state index >= 15 is 0 Å². The molecule has 0 aromatic carbocycles. The third kappa shape index (κ3) is 4.47. The van der Waals surface area contributed by atoms with Crippen molar-refractivity contribution in [1.82, 2.24) is 19.4 Å². The van der Waals surface area contributed by atoms with Gasteiger partial charge in [-0.05, 0) is 31.9 Å². The smallest absolute Gasteiger partial charge is 0.255 e. The molecule has 7 heteroatoms. The zero-order valence-corrected chi connectivity index (χ0v) is 16.5. The summed E-state index contributed by atoms with van der Waals surface area (Å²) in [6.45, 7) is 6.02. The molecule has 1 unspecified atom stereocenters. The van der Waals surface area contributed by atoms with Crippen LogP contribution in [0.2, 0.25) is 0 Å². The van der Waals surface area contributed by atoms with Crippen molar-refractivity contribution in [3.63, 3.8) is 0 Å². The Hall–Kier alpha value is -2.41. The van der Waals surface area contributed by atoms with Crippen LogP contribution in [0.1, 0.15) is 41.9 Å². The van der Waals surface area contributed by atoms with Gasteiger partial charge in [-0.2, -0.15) is 0 Å². The largest absolute Gasteiger partial charge is 0.383 e. The first-order valence-electron chi connectivity index (χ1n) is 9.60. The number of carbonyl (C=O) groups excluding carboxylic acids is 1. The number of piperidine rings is 1. The normalized spacial score (nSPS) is 17.1. The summed E-state index contributed by atoms with van der Waals surface area (Å²) in [4.78, 5) is 25.4. The van der Waals surface area contributed by atoms with Gasteiger partial charge in [0.25, 0.3) is 5.91 Å². The Morgan fingerprint density at radius 2 is 2.22 bits per heavy atom. The quantitative estimate of drug-likeness (QED) is 0.748. The number of carbonyl (C=O) groups is 1. The number of rotatable bonds is 7. The lowest BCUT2D eigenvalue weighted by Crippen LogP contribution is -2.36. The van der Waals surface area contributed by atoms with Gasteiger partial charge in [0.05, 0.1) is 12.2 Å². The zero-order valence-electron chi connectivity index (χ0n) is 16.5. The van der Waals surface area contributed by atoms with E-state index in [2.05, 4.69) is 19.4 Å². The second-order valence-electron chi connectivity index (χ2n) is 6.98. The number of hydrogen-bond acceptors (Lipinski definition) is 5. The Morgan fingerprint density at radius 1 is 1.37 bits per heavy atom. The number of aromatic nitrogens is 3. The van der Waals surface area contributed by atoms with Crippen molar-refractivity contribution in [2.24, 2.45) is 0 Å². The summed E-state index contributed by atoms with van der Waals surface area (Å²) in [5, 5.41) is 0. The minimum absolute atomic E-state index is 0.00763. The predicted octanol–water partition coefficient (Wildman–Crippen LogP) is 2.40. The van der Waals surface area contributed by atoms with Crippen molar-refractivity contribution in [2.45, 2.75) is 32.2 Å². The third-order valence-electron chi connectivity index (χ3n) is 5.21. The summed E-state index contributed by atoms with van der Waals surface area (Å²) < 4.78 is 7.39. The van der Waals surface area contributed by atoms with Gasteiger partial charge in [0, 0.05) is 64.8 Å². The van der Waals surface area contributed by atoms with Crippen molar-refractivity contribution < 1.29 is 9.53 Å². The molecule has 1 aliphatic heterocycles. The van der Waals surface area contributed by atoms with Gasteiger partial charge in [0.1, 0.15) is 11.6 Å². The van der Waals surface area contributed by atoms with Crippen LogP contribution >= 0.6 is 0 Å². The molecule has 1 atom stereocenters. The Bertz CT molecular complexity index is 743. The van der Waals surface area contributed by atoms with Gasteiger partial charge in [-0.3, -0.25) is 4.79 Å². The molecular weight excluding hydrogens is 342 g/mol. The summed E-state index contributed by atoms with van der Waals surface area (Å²) in [6, 6.07) is 3.83. The predicted molar refractivity (Wildman–Crippen MR) is 105 cm³/mol. The Morgan fingerprint density at radius 3 is 2.93 bits per heavy atom. The van der Waals surface area contributed by atoms with Crippen LogP contribution < -0.4 is 4.90 Å². The summed E-state index contributed by atoms with van der Waals surface area (Å²) in [5.41, 5.74) is 0.631. The molecule has 7 nitrogen and oxygen atoms in total. The Kier molecular flexibility index (Phi) is 6.45. The van der Waals surface area contributed by atoms with Crippen molar-refractivity contribution in [3.8, 4) is 0 Å². The average molecular weight is 371 g/mol. The highest BCUT2D eigenvalue weighted by atomic mass is 16.5. The number of methoxy groups -OCH3 is 1. The molecule has 0 bridgehead atoms. The maximum atomic E-state index is 12.2. The number of ether oxygens (including phenoxy) is 1. The minimum atomic E-state index is 0.00763. The maximum Gasteiger partial charge on any atom is 0.255 e. The summed E-state index contributed by atoms with van der Waals surface area (Å²) in [7, 11) is 3.52. The standard InChI is InChI=1S/C20H29N5O2/c1-4-23(2)20(26)16-7-8-18(22-14-16)25-10-5-6-17(15-25)19-21-9-11-24(19)12-13-27-3/h7-9,11,14,17H,4-6,10,12-13,15H2,1-3H3. The van der Waals surface area contributed by atoms with Crippen LogP contribution in [0.5, 0.6) is 0 Å². The van der Waals surface area contributed by atoms with E-state index in [1.54, 1.807) is 25.3 Å². The summed E-state index contributed by atoms with van der Waals surface area (Å²) in [6.07, 6.45) is 7.80. The number of amides is 1. The van der Waals surface area contributed by atoms with Gasteiger partial charge < -0.3 is 19.1 Å². The molecule has 1 amide bonds. The van der Waals surface area contributed by atoms with E-state index in [4.69, 9.17) is 4.74 Å². The SMILES string of the molecule is CCN(C)C(=O)c1ccc(N2CCCC(c3nccn3CCOC)C2)nc1. The van der Waals surface area contributed by atoms with E-state index < -0.39 is 0 Å². The van der Waals surface area contributed by atoms with Crippen LogP contribution in [0.15, 0.2) is 30.7 Å². The lowest BCUT2D eigenvalue weighted by Gasteiger charge is -2.33. The number of hydrogen-bond donors (Lipinski definition) is 0. The number of pyridine rings is 1. The topological polar surface area (TPSA) is 63.5 Å². The molecule has 3 rings (SSSR count). The second-order valence-corrected chi connectivity index (χ2v) is 6.98. The molecule has 146 valence electrons. The monoisotopic (exact) mass is 371 g/mol. The van der Waals surface area contributed by atoms with Crippen LogP contribution in [0.3, 0.4) is 0 Å². The molecule has 3 heterocycles. The average Bonchev–Trinajstić information content (AvgIpc) is 3.20. The molecule has 1 fully saturated rings. The lowest BCUT2D eigenvalue weighted by molar-refractivity contribution is 0.0802. The van der Waals surface area contributed by atoms with Gasteiger partial charge in [-0.1, -0.05) is 0 Å². The first kappa shape index (κ1) is 19.4. The second kappa shape index (κ2) is 8.99. The summed E-state index contributed by atoms with van der Waals surface area (Å²) >= 11 is 0. The zero-order chi connectivity index (χ0) is 19.2. The molecule has 0 radical (unpaired) electrons. The highest BCUT2D eigenvalue weighted by Gasteiger charge is 2.25. The van der Waals surface area contributed by atoms with Crippen LogP contribution in [-0.2, 0) is 11.3 Å². The van der Waals surface area contributed by atoms with E-state index in [0.29, 0.717) is 24.6 Å². The fourth-order valence-electron chi connectivity index (χ4n) is 3.52. The molecule has 0 saturated carbocycles. The van der Waals surface area contributed by atoms with Gasteiger partial charge in [0.15, 0.2) is 0 Å². The molecule has 1 aliphatic rings. The first-order valence-corrected chi connectivity index (χ1v) is 9.60. The fraction of sp³-hybridized carbons (Fsp3) is 0.550. The molecular formula is C20H29N5O2. The maximum absolute atomic E-state index is 12.2. The van der Waals surface area contributed by atoms with Gasteiger partial charge in [-0.15, -0.1) is 0 Å². The third-order valence-corrected chi connectivity index (χ3v) is 5.21. The molecule has 0 N–H and O–H groups in total. The van der Waals surface area contributed by atoms with E-state index in [0.717, 1.165) is 44.1 Å². The minimum Gasteiger partial charge on any atom is -0.383 e. The Balaban J connectivity index is 1.69. The van der Waals surface area contributed by atoms with Crippen LogP contribution in [-0.4, -0.2) is 65.7 Å². The van der Waals surface area contributed by atoms with Crippen LogP contribution in [0, 0.1) is 0 Å². The van der Waals surface area contributed by atoms with Crippen molar-refractivity contribution >= 4 is 11.7 Å². The van der Waals surface area contributed by atoms with Crippen molar-refractivity contribution in [3.05, 3.63) is 42.1 Å². The molecule has 2 aromatic heterocycles. The van der Waals surface area contributed by atoms with Gasteiger partial charge in [-0.25, -0.2) is 9.97 Å². The van der Waals surface area contributed by atoms with Gasteiger partial charge >= 0.3 is 0 Å². The van der Waals surface area contributed by atoms with E-state index in [9.17, 15) is 4.79 Å². The first-order chi connectivity index (χ1) is 13.1. The molecule has 27 heavy (non-hydrogen) atoms. The summed E-state index contributed by atoms with van der Waals surface area (Å²) in [5.74, 6) is 2.42. The lowest BCUT2D eigenvalue weighted by atomic mass is 9.97.